The van der Waals surface area contributed by atoms with E-state index in [1.54, 1.807) is 40.1 Å². The molecule has 210 valence electrons. The monoisotopic (exact) mass is 589 g/mol. The molecule has 1 fully saturated rings. The number of aliphatic hydroxyl groups is 1. The van der Waals surface area contributed by atoms with E-state index >= 15 is 0 Å². The van der Waals surface area contributed by atoms with Crippen LogP contribution >= 0.6 is 22.7 Å². The van der Waals surface area contributed by atoms with Crippen LogP contribution in [0.3, 0.4) is 0 Å². The number of anilines is 1. The maximum Gasteiger partial charge on any atom is 0.278 e. The smallest absolute Gasteiger partial charge is 0.278 e. The second-order valence-electron chi connectivity index (χ2n) is 9.42. The average Bonchev–Trinajstić information content (AvgIpc) is 3.76. The highest BCUT2D eigenvalue weighted by Gasteiger charge is 2.18. The van der Waals surface area contributed by atoms with Crippen LogP contribution in [0.5, 0.6) is 0 Å². The van der Waals surface area contributed by atoms with Crippen molar-refractivity contribution in [2.24, 2.45) is 0 Å². The van der Waals surface area contributed by atoms with Crippen molar-refractivity contribution >= 4 is 44.0 Å². The van der Waals surface area contributed by atoms with E-state index in [0.29, 0.717) is 16.2 Å². The minimum absolute atomic E-state index is 0.0267. The van der Waals surface area contributed by atoms with Crippen LogP contribution in [0.2, 0.25) is 0 Å². The summed E-state index contributed by atoms with van der Waals surface area (Å²) in [5, 5.41) is 24.2. The Kier molecular flexibility index (Phi) is 7.76. The molecule has 0 bridgehead atoms. The number of nitrogens with two attached hydrogens (primary N) is 1. The molecular weight excluding hydrogens is 562 g/mol. The SMILES string of the molecule is Nc1ccccc1-c1cn2c(CN3CCOCC3)csc2n1.O=[N+]([O-])c1ccccc1-c1cn2c(CO)csc2n1. The van der Waals surface area contributed by atoms with Crippen LogP contribution in [0.4, 0.5) is 11.4 Å². The number of ether oxygens (including phenoxy) is 1. The first-order chi connectivity index (χ1) is 20.0. The maximum absolute atomic E-state index is 11.0. The third-order valence-electron chi connectivity index (χ3n) is 6.83. The Labute approximate surface area is 242 Å². The van der Waals surface area contributed by atoms with E-state index in [1.807, 2.05) is 29.6 Å². The molecule has 0 saturated carbocycles. The number of hydrogen-bond acceptors (Lipinski definition) is 10. The van der Waals surface area contributed by atoms with Gasteiger partial charge in [-0.15, -0.1) is 22.7 Å². The number of nitrogen functional groups attached to an aromatic ring is 1. The first-order valence-electron chi connectivity index (χ1n) is 12.9. The van der Waals surface area contributed by atoms with E-state index in [-0.39, 0.29) is 12.3 Å². The lowest BCUT2D eigenvalue weighted by atomic mass is 10.1. The van der Waals surface area contributed by atoms with Crippen LogP contribution in [-0.4, -0.2) is 60.0 Å². The predicted octanol–water partition coefficient (Wildman–Crippen LogP) is 4.94. The number of imidazole rings is 2. The van der Waals surface area contributed by atoms with Crippen molar-refractivity contribution in [2.75, 3.05) is 32.0 Å². The first-order valence-corrected chi connectivity index (χ1v) is 14.7. The highest BCUT2D eigenvalue weighted by atomic mass is 32.1. The zero-order valence-corrected chi connectivity index (χ0v) is 23.6. The van der Waals surface area contributed by atoms with Crippen molar-refractivity contribution in [2.45, 2.75) is 13.2 Å². The molecule has 0 radical (unpaired) electrons. The third kappa shape index (κ3) is 5.58. The second kappa shape index (κ2) is 11.8. The molecule has 0 atom stereocenters. The Bertz CT molecular complexity index is 1820. The number of aromatic nitrogens is 4. The summed E-state index contributed by atoms with van der Waals surface area (Å²) in [6, 6.07) is 14.4. The van der Waals surface area contributed by atoms with Crippen LogP contribution in [0, 0.1) is 10.1 Å². The summed E-state index contributed by atoms with van der Waals surface area (Å²) in [5.41, 5.74) is 11.8. The summed E-state index contributed by atoms with van der Waals surface area (Å²) in [6.07, 6.45) is 3.80. The highest BCUT2D eigenvalue weighted by Crippen LogP contribution is 2.31. The molecule has 11 nitrogen and oxygen atoms in total. The van der Waals surface area contributed by atoms with E-state index in [9.17, 15) is 15.2 Å². The van der Waals surface area contributed by atoms with Crippen LogP contribution < -0.4 is 5.73 Å². The number of rotatable bonds is 6. The van der Waals surface area contributed by atoms with Crippen molar-refractivity contribution in [3.05, 3.63) is 93.2 Å². The van der Waals surface area contributed by atoms with Crippen LogP contribution in [0.1, 0.15) is 11.4 Å². The molecule has 7 rings (SSSR count). The fourth-order valence-corrected chi connectivity index (χ4v) is 6.44. The molecule has 3 N–H and O–H groups in total. The van der Waals surface area contributed by atoms with Gasteiger partial charge in [-0.3, -0.25) is 23.8 Å². The fraction of sp³-hybridized carbons (Fsp3) is 0.214. The lowest BCUT2D eigenvalue weighted by Crippen LogP contribution is -2.35. The zero-order chi connectivity index (χ0) is 28.3. The molecule has 0 aliphatic carbocycles. The van der Waals surface area contributed by atoms with E-state index < -0.39 is 4.92 Å². The van der Waals surface area contributed by atoms with Crippen molar-refractivity contribution in [1.82, 2.24) is 23.7 Å². The lowest BCUT2D eigenvalue weighted by Gasteiger charge is -2.26. The molecule has 1 aliphatic heterocycles. The standard InChI is InChI=1S/C16H18N4OS.C12H9N3O3S/c17-14-4-2-1-3-13(14)15-10-20-12(11-22-16(20)18-15)9-19-5-7-21-8-6-19;16-6-8-7-19-12-13-10(5-14(8)12)9-3-1-2-4-11(9)15(17)18/h1-4,10-11H,5-9,17H2;1-5,7,16H,6H2. The van der Waals surface area contributed by atoms with Gasteiger partial charge in [0.05, 0.1) is 47.4 Å². The van der Waals surface area contributed by atoms with E-state index in [2.05, 4.69) is 25.9 Å². The Hall–Kier alpha value is -4.14. The van der Waals surface area contributed by atoms with Gasteiger partial charge in [0.15, 0.2) is 9.92 Å². The van der Waals surface area contributed by atoms with Crippen LogP contribution in [-0.2, 0) is 17.9 Å². The molecule has 13 heteroatoms. The molecule has 0 spiro atoms. The Morgan fingerprint density at radius 2 is 1.49 bits per heavy atom. The van der Waals surface area contributed by atoms with Crippen molar-refractivity contribution in [1.29, 1.82) is 0 Å². The fourth-order valence-electron chi connectivity index (χ4n) is 4.71. The predicted molar refractivity (Wildman–Crippen MR) is 160 cm³/mol. The number of para-hydroxylation sites is 2. The number of nitrogens with zero attached hydrogens (tertiary/aromatic N) is 6. The Morgan fingerprint density at radius 1 is 0.902 bits per heavy atom. The Balaban J connectivity index is 0.000000149. The van der Waals surface area contributed by atoms with Gasteiger partial charge in [-0.25, -0.2) is 9.97 Å². The number of aliphatic hydroxyl groups excluding tert-OH is 1. The van der Waals surface area contributed by atoms with Crippen LogP contribution in [0.25, 0.3) is 32.4 Å². The van der Waals surface area contributed by atoms with Crippen LogP contribution in [0.15, 0.2) is 71.7 Å². The molecular formula is C28H27N7O4S2. The zero-order valence-electron chi connectivity index (χ0n) is 21.9. The molecule has 41 heavy (non-hydrogen) atoms. The van der Waals surface area contributed by atoms with Gasteiger partial charge in [0, 0.05) is 65.8 Å². The van der Waals surface area contributed by atoms with Crippen molar-refractivity contribution in [3.8, 4) is 22.5 Å². The van der Waals surface area contributed by atoms with E-state index in [1.165, 1.54) is 23.1 Å². The number of fused-ring (bicyclic) bond motifs is 2. The topological polar surface area (TPSA) is 136 Å². The third-order valence-corrected chi connectivity index (χ3v) is 8.61. The molecule has 1 saturated heterocycles. The van der Waals surface area contributed by atoms with Gasteiger partial charge in [-0.05, 0) is 12.1 Å². The van der Waals surface area contributed by atoms with Gasteiger partial charge in [-0.2, -0.15) is 0 Å². The van der Waals surface area contributed by atoms with Gasteiger partial charge >= 0.3 is 0 Å². The summed E-state index contributed by atoms with van der Waals surface area (Å²) < 4.78 is 9.34. The second-order valence-corrected chi connectivity index (χ2v) is 11.1. The number of nitro groups is 1. The molecule has 4 aromatic heterocycles. The van der Waals surface area contributed by atoms with Gasteiger partial charge in [0.1, 0.15) is 0 Å². The molecule has 0 unspecified atom stereocenters. The van der Waals surface area contributed by atoms with Gasteiger partial charge in [0.2, 0.25) is 0 Å². The first kappa shape index (κ1) is 27.1. The minimum atomic E-state index is -0.421. The molecule has 2 aromatic carbocycles. The number of nitro benzene ring substituents is 1. The Morgan fingerprint density at radius 3 is 2.15 bits per heavy atom. The lowest BCUT2D eigenvalue weighted by molar-refractivity contribution is -0.384. The van der Waals surface area contributed by atoms with E-state index in [4.69, 9.17) is 15.5 Å². The number of thiazole rings is 2. The summed E-state index contributed by atoms with van der Waals surface area (Å²) in [4.78, 5) is 23.8. The van der Waals surface area contributed by atoms with Gasteiger partial charge < -0.3 is 15.6 Å². The molecule has 5 heterocycles. The van der Waals surface area contributed by atoms with Crippen molar-refractivity contribution in [3.63, 3.8) is 0 Å². The summed E-state index contributed by atoms with van der Waals surface area (Å²) in [5.74, 6) is 0. The summed E-state index contributed by atoms with van der Waals surface area (Å²) >= 11 is 3.07. The van der Waals surface area contributed by atoms with Gasteiger partial charge in [0.25, 0.3) is 5.69 Å². The van der Waals surface area contributed by atoms with Crippen molar-refractivity contribution < 1.29 is 14.8 Å². The quantitative estimate of drug-likeness (QED) is 0.158. The molecule has 6 aromatic rings. The summed E-state index contributed by atoms with van der Waals surface area (Å²) in [6.45, 7) is 4.47. The normalized spacial score (nSPS) is 13.9. The van der Waals surface area contributed by atoms with Gasteiger partial charge in [-0.1, -0.05) is 30.3 Å². The highest BCUT2D eigenvalue weighted by molar-refractivity contribution is 7.15. The molecule has 1 aliphatic rings. The maximum atomic E-state index is 11.0. The number of benzene rings is 2. The number of hydrogen-bond donors (Lipinski definition) is 2. The largest absolute Gasteiger partial charge is 0.398 e. The van der Waals surface area contributed by atoms with E-state index in [0.717, 1.165) is 60.4 Å². The molecule has 0 amide bonds. The summed E-state index contributed by atoms with van der Waals surface area (Å²) in [7, 11) is 0. The average molecular weight is 590 g/mol. The number of morpholine rings is 1. The minimum Gasteiger partial charge on any atom is -0.398 e.